The number of halogens is 1. The summed E-state index contributed by atoms with van der Waals surface area (Å²) in [6.07, 6.45) is 1.64. The number of nitrogens with two attached hydrogens (primary N) is 1. The molecule has 0 amide bonds. The summed E-state index contributed by atoms with van der Waals surface area (Å²) in [5.41, 5.74) is 5.42. The van der Waals surface area contributed by atoms with Crippen molar-refractivity contribution in [2.45, 2.75) is 0 Å². The van der Waals surface area contributed by atoms with Crippen LogP contribution in [0.5, 0.6) is 0 Å². The highest BCUT2D eigenvalue weighted by molar-refractivity contribution is 5.85. The van der Waals surface area contributed by atoms with E-state index in [-0.39, 0.29) is 12.4 Å². The molecule has 0 aliphatic rings. The van der Waals surface area contributed by atoms with Gasteiger partial charge in [-0.2, -0.15) is 4.98 Å². The van der Waals surface area contributed by atoms with Gasteiger partial charge >= 0.3 is 0 Å². The van der Waals surface area contributed by atoms with Crippen LogP contribution in [-0.2, 0) is 0 Å². The third-order valence-corrected chi connectivity index (χ3v) is 1.06. The molecule has 0 saturated carbocycles. The third kappa shape index (κ3) is 2.59. The van der Waals surface area contributed by atoms with Crippen molar-refractivity contribution in [3.63, 3.8) is 0 Å². The van der Waals surface area contributed by atoms with E-state index >= 15 is 0 Å². The summed E-state index contributed by atoms with van der Waals surface area (Å²) in [5, 5.41) is 0. The predicted octanol–water partition coefficient (Wildman–Crippen LogP) is 0.547. The summed E-state index contributed by atoms with van der Waals surface area (Å²) < 4.78 is 0. The van der Waals surface area contributed by atoms with Crippen LogP contribution in [0.4, 0.5) is 11.8 Å². The van der Waals surface area contributed by atoms with E-state index in [1.165, 1.54) is 0 Å². The van der Waals surface area contributed by atoms with Gasteiger partial charge in [0.1, 0.15) is 5.82 Å². The lowest BCUT2D eigenvalue weighted by molar-refractivity contribution is 1.00. The molecule has 0 bridgehead atoms. The maximum Gasteiger partial charge on any atom is 0.226 e. The lowest BCUT2D eigenvalue weighted by Gasteiger charge is -2.08. The topological polar surface area (TPSA) is 55.0 Å². The minimum Gasteiger partial charge on any atom is -0.384 e. The minimum absolute atomic E-state index is 0. The molecule has 0 aliphatic heterocycles. The Morgan fingerprint density at radius 1 is 1.45 bits per heavy atom. The predicted molar refractivity (Wildman–Crippen MR) is 48.0 cm³/mol. The Bertz CT molecular complexity index is 226. The van der Waals surface area contributed by atoms with Crippen molar-refractivity contribution < 1.29 is 0 Å². The van der Waals surface area contributed by atoms with Crippen molar-refractivity contribution >= 4 is 24.2 Å². The van der Waals surface area contributed by atoms with E-state index in [0.717, 1.165) is 0 Å². The van der Waals surface area contributed by atoms with Gasteiger partial charge in [-0.25, -0.2) is 4.98 Å². The first-order chi connectivity index (χ1) is 4.70. The van der Waals surface area contributed by atoms with Gasteiger partial charge in [-0.3, -0.25) is 0 Å². The molecule has 11 heavy (non-hydrogen) atoms. The normalized spacial score (nSPS) is 8.55. The van der Waals surface area contributed by atoms with Gasteiger partial charge in [0.05, 0.1) is 0 Å². The number of hydrogen-bond donors (Lipinski definition) is 1. The Hall–Kier alpha value is -1.03. The summed E-state index contributed by atoms with van der Waals surface area (Å²) in [5.74, 6) is 1.14. The quantitative estimate of drug-likeness (QED) is 0.676. The summed E-state index contributed by atoms with van der Waals surface area (Å²) >= 11 is 0. The smallest absolute Gasteiger partial charge is 0.226 e. The molecule has 0 radical (unpaired) electrons. The Kier molecular flexibility index (Phi) is 3.60. The van der Waals surface area contributed by atoms with Crippen LogP contribution < -0.4 is 10.6 Å². The Morgan fingerprint density at radius 3 is 2.45 bits per heavy atom. The fourth-order valence-corrected chi connectivity index (χ4v) is 0.577. The standard InChI is InChI=1S/C6H10N4.ClH/c1-10(2)6-8-4-3-5(7)9-6;/h3-4H,1-2H3,(H2,7,8,9);1H. The van der Waals surface area contributed by atoms with Crippen LogP contribution in [0.1, 0.15) is 0 Å². The second-order valence-corrected chi connectivity index (χ2v) is 2.18. The van der Waals surface area contributed by atoms with Gasteiger partial charge in [0.2, 0.25) is 5.95 Å². The molecule has 0 spiro atoms. The van der Waals surface area contributed by atoms with E-state index < -0.39 is 0 Å². The molecule has 5 heteroatoms. The van der Waals surface area contributed by atoms with Crippen molar-refractivity contribution in [2.75, 3.05) is 24.7 Å². The molecule has 0 fully saturated rings. The monoisotopic (exact) mass is 174 g/mol. The van der Waals surface area contributed by atoms with Gasteiger partial charge in [0.15, 0.2) is 0 Å². The van der Waals surface area contributed by atoms with Crippen LogP contribution in [-0.4, -0.2) is 24.1 Å². The average Bonchev–Trinajstić information content (AvgIpc) is 1.88. The zero-order valence-corrected chi connectivity index (χ0v) is 7.30. The van der Waals surface area contributed by atoms with E-state index in [1.54, 1.807) is 17.2 Å². The van der Waals surface area contributed by atoms with Gasteiger partial charge in [-0.1, -0.05) is 0 Å². The fraction of sp³-hybridized carbons (Fsp3) is 0.333. The van der Waals surface area contributed by atoms with E-state index in [1.807, 2.05) is 14.1 Å². The highest BCUT2D eigenvalue weighted by Crippen LogP contribution is 2.02. The zero-order valence-electron chi connectivity index (χ0n) is 6.48. The van der Waals surface area contributed by atoms with Crippen LogP contribution in [0.2, 0.25) is 0 Å². The number of anilines is 2. The van der Waals surface area contributed by atoms with Crippen LogP contribution in [0.15, 0.2) is 12.3 Å². The number of aromatic nitrogens is 2. The number of rotatable bonds is 1. The van der Waals surface area contributed by atoms with E-state index in [9.17, 15) is 0 Å². The van der Waals surface area contributed by atoms with Gasteiger partial charge in [-0.05, 0) is 6.07 Å². The molecule has 2 N–H and O–H groups in total. The largest absolute Gasteiger partial charge is 0.384 e. The third-order valence-electron chi connectivity index (χ3n) is 1.06. The first kappa shape index (κ1) is 9.97. The average molecular weight is 175 g/mol. The molecular weight excluding hydrogens is 164 g/mol. The van der Waals surface area contributed by atoms with Gasteiger partial charge in [-0.15, -0.1) is 12.4 Å². The van der Waals surface area contributed by atoms with Crippen molar-refractivity contribution in [3.05, 3.63) is 12.3 Å². The molecule has 0 saturated heterocycles. The van der Waals surface area contributed by atoms with Crippen molar-refractivity contribution in [2.24, 2.45) is 0 Å². The van der Waals surface area contributed by atoms with Crippen LogP contribution in [0, 0.1) is 0 Å². The van der Waals surface area contributed by atoms with Gasteiger partial charge in [0, 0.05) is 20.3 Å². The summed E-state index contributed by atoms with van der Waals surface area (Å²) in [6.45, 7) is 0. The van der Waals surface area contributed by atoms with E-state index in [4.69, 9.17) is 5.73 Å². The Labute approximate surface area is 71.9 Å². The molecule has 62 valence electrons. The van der Waals surface area contributed by atoms with E-state index in [2.05, 4.69) is 9.97 Å². The van der Waals surface area contributed by atoms with Gasteiger partial charge < -0.3 is 10.6 Å². The molecule has 0 aliphatic carbocycles. The number of hydrogen-bond acceptors (Lipinski definition) is 4. The molecule has 0 atom stereocenters. The molecule has 4 nitrogen and oxygen atoms in total. The molecular formula is C6H11ClN4. The van der Waals surface area contributed by atoms with Crippen molar-refractivity contribution in [1.82, 2.24) is 9.97 Å². The van der Waals surface area contributed by atoms with Crippen molar-refractivity contribution in [1.29, 1.82) is 0 Å². The number of nitrogens with zero attached hydrogens (tertiary/aromatic N) is 3. The first-order valence-corrected chi connectivity index (χ1v) is 2.96. The van der Waals surface area contributed by atoms with Crippen molar-refractivity contribution in [3.8, 4) is 0 Å². The van der Waals surface area contributed by atoms with Crippen LogP contribution in [0.3, 0.4) is 0 Å². The Morgan fingerprint density at radius 2 is 2.09 bits per heavy atom. The zero-order chi connectivity index (χ0) is 7.56. The molecule has 1 aromatic heterocycles. The minimum atomic E-state index is 0. The van der Waals surface area contributed by atoms with Gasteiger partial charge in [0.25, 0.3) is 0 Å². The molecule has 1 rings (SSSR count). The number of nitrogen functional groups attached to an aromatic ring is 1. The van der Waals surface area contributed by atoms with Crippen LogP contribution >= 0.6 is 12.4 Å². The van der Waals surface area contributed by atoms with Crippen LogP contribution in [0.25, 0.3) is 0 Å². The second-order valence-electron chi connectivity index (χ2n) is 2.18. The molecule has 0 aromatic carbocycles. The lowest BCUT2D eigenvalue weighted by atomic mass is 10.6. The Balaban J connectivity index is 0.000001000. The second kappa shape index (κ2) is 3.98. The van der Waals surface area contributed by atoms with E-state index in [0.29, 0.717) is 11.8 Å². The highest BCUT2D eigenvalue weighted by Gasteiger charge is 1.95. The maximum absolute atomic E-state index is 5.42. The first-order valence-electron chi connectivity index (χ1n) is 2.96. The maximum atomic E-state index is 5.42. The summed E-state index contributed by atoms with van der Waals surface area (Å²) in [7, 11) is 3.74. The molecule has 0 unspecified atom stereocenters. The lowest BCUT2D eigenvalue weighted by Crippen LogP contribution is -2.12. The SMILES string of the molecule is CN(C)c1nccc(N)n1.Cl. The molecule has 1 aromatic rings. The highest BCUT2D eigenvalue weighted by atomic mass is 35.5. The summed E-state index contributed by atoms with van der Waals surface area (Å²) in [4.78, 5) is 9.74. The molecule has 1 heterocycles. The fourth-order valence-electron chi connectivity index (χ4n) is 0.577. The summed E-state index contributed by atoms with van der Waals surface area (Å²) in [6, 6.07) is 1.66.